The fraction of sp³-hybridized carbons (Fsp3) is 0.538. The minimum atomic E-state index is -0.908. The quantitative estimate of drug-likeness (QED) is 0.938. The van der Waals surface area contributed by atoms with Gasteiger partial charge < -0.3 is 10.0 Å². The van der Waals surface area contributed by atoms with Gasteiger partial charge in [-0.2, -0.15) is 0 Å². The van der Waals surface area contributed by atoms with E-state index in [0.29, 0.717) is 23.3 Å². The van der Waals surface area contributed by atoms with Gasteiger partial charge in [0.1, 0.15) is 0 Å². The number of thiazole rings is 1. The summed E-state index contributed by atoms with van der Waals surface area (Å²) in [5, 5.41) is 11.3. The number of carbonyl (C=O) groups is 1. The third-order valence-corrected chi connectivity index (χ3v) is 4.67. The SMILES string of the molecule is CC(C)C1CCN(c2nc3sccn3c2C(=O)O)C1. The molecule has 1 aliphatic heterocycles. The van der Waals surface area contributed by atoms with Gasteiger partial charge in [0.15, 0.2) is 16.5 Å². The maximum atomic E-state index is 11.5. The van der Waals surface area contributed by atoms with Crippen LogP contribution in [0.15, 0.2) is 11.6 Å². The number of hydrogen-bond donors (Lipinski definition) is 1. The zero-order valence-electron chi connectivity index (χ0n) is 11.0. The van der Waals surface area contributed by atoms with Crippen LogP contribution in [0.4, 0.5) is 5.82 Å². The molecular formula is C13H17N3O2S. The number of aromatic carboxylic acids is 1. The van der Waals surface area contributed by atoms with Crippen LogP contribution in [0.5, 0.6) is 0 Å². The summed E-state index contributed by atoms with van der Waals surface area (Å²) in [6, 6.07) is 0. The molecule has 0 spiro atoms. The molecule has 1 unspecified atom stereocenters. The predicted molar refractivity (Wildman–Crippen MR) is 75.2 cm³/mol. The van der Waals surface area contributed by atoms with Crippen molar-refractivity contribution >= 4 is 28.1 Å². The number of carboxylic acids is 1. The van der Waals surface area contributed by atoms with Crippen LogP contribution in [0.25, 0.3) is 4.96 Å². The summed E-state index contributed by atoms with van der Waals surface area (Å²) in [6.45, 7) is 6.24. The molecule has 2 aromatic rings. The molecule has 5 nitrogen and oxygen atoms in total. The third-order valence-electron chi connectivity index (χ3n) is 3.91. The van der Waals surface area contributed by atoms with Gasteiger partial charge in [0, 0.05) is 24.7 Å². The molecular weight excluding hydrogens is 262 g/mol. The monoisotopic (exact) mass is 279 g/mol. The average molecular weight is 279 g/mol. The van der Waals surface area contributed by atoms with Gasteiger partial charge in [-0.1, -0.05) is 13.8 Å². The van der Waals surface area contributed by atoms with E-state index in [0.717, 1.165) is 24.5 Å². The van der Waals surface area contributed by atoms with E-state index in [1.165, 1.54) is 11.3 Å². The van der Waals surface area contributed by atoms with Crippen molar-refractivity contribution in [3.05, 3.63) is 17.3 Å². The van der Waals surface area contributed by atoms with Crippen molar-refractivity contribution in [2.45, 2.75) is 20.3 Å². The zero-order valence-corrected chi connectivity index (χ0v) is 11.9. The van der Waals surface area contributed by atoms with Crippen molar-refractivity contribution in [2.24, 2.45) is 11.8 Å². The van der Waals surface area contributed by atoms with Gasteiger partial charge in [-0.05, 0) is 18.3 Å². The summed E-state index contributed by atoms with van der Waals surface area (Å²) in [7, 11) is 0. The normalized spacial score (nSPS) is 19.7. The Kier molecular flexibility index (Phi) is 2.97. The van der Waals surface area contributed by atoms with Crippen LogP contribution in [-0.2, 0) is 0 Å². The first-order chi connectivity index (χ1) is 9.08. The number of hydrogen-bond acceptors (Lipinski definition) is 4. The molecule has 3 rings (SSSR count). The first kappa shape index (κ1) is 12.5. The largest absolute Gasteiger partial charge is 0.476 e. The van der Waals surface area contributed by atoms with Crippen LogP contribution in [0.3, 0.4) is 0 Å². The Morgan fingerprint density at radius 1 is 1.58 bits per heavy atom. The Morgan fingerprint density at radius 2 is 2.37 bits per heavy atom. The molecule has 19 heavy (non-hydrogen) atoms. The minimum absolute atomic E-state index is 0.292. The van der Waals surface area contributed by atoms with Crippen LogP contribution in [0.2, 0.25) is 0 Å². The maximum Gasteiger partial charge on any atom is 0.356 e. The maximum absolute atomic E-state index is 11.5. The lowest BCUT2D eigenvalue weighted by Crippen LogP contribution is -2.23. The Morgan fingerprint density at radius 3 is 3.00 bits per heavy atom. The van der Waals surface area contributed by atoms with E-state index < -0.39 is 5.97 Å². The minimum Gasteiger partial charge on any atom is -0.476 e. The highest BCUT2D eigenvalue weighted by atomic mass is 32.1. The highest BCUT2D eigenvalue weighted by Gasteiger charge is 2.30. The number of aromatic nitrogens is 2. The lowest BCUT2D eigenvalue weighted by atomic mass is 9.95. The van der Waals surface area contributed by atoms with Crippen LogP contribution in [0, 0.1) is 11.8 Å². The second-order valence-corrected chi connectivity index (χ2v) is 6.26. The summed E-state index contributed by atoms with van der Waals surface area (Å²) in [4.78, 5) is 18.8. The summed E-state index contributed by atoms with van der Waals surface area (Å²) < 4.78 is 1.67. The molecule has 102 valence electrons. The highest BCUT2D eigenvalue weighted by Crippen LogP contribution is 2.31. The fourth-order valence-corrected chi connectivity index (χ4v) is 3.43. The van der Waals surface area contributed by atoms with Gasteiger partial charge in [-0.3, -0.25) is 4.40 Å². The van der Waals surface area contributed by atoms with Crippen molar-refractivity contribution in [2.75, 3.05) is 18.0 Å². The molecule has 1 fully saturated rings. The Bertz CT molecular complexity index is 616. The number of nitrogens with zero attached hydrogens (tertiary/aromatic N) is 3. The average Bonchev–Trinajstić information content (AvgIpc) is 3.02. The van der Waals surface area contributed by atoms with Gasteiger partial charge in [0.2, 0.25) is 0 Å². The first-order valence-electron chi connectivity index (χ1n) is 6.51. The summed E-state index contributed by atoms with van der Waals surface area (Å²) in [5.74, 6) is 0.972. The van der Waals surface area contributed by atoms with Crippen molar-refractivity contribution in [3.8, 4) is 0 Å². The van der Waals surface area contributed by atoms with E-state index in [1.807, 2.05) is 5.38 Å². The summed E-state index contributed by atoms with van der Waals surface area (Å²) >= 11 is 1.47. The summed E-state index contributed by atoms with van der Waals surface area (Å²) in [6.07, 6.45) is 2.89. The van der Waals surface area contributed by atoms with Gasteiger partial charge in [0.25, 0.3) is 0 Å². The number of carboxylic acid groups (broad SMARTS) is 1. The van der Waals surface area contributed by atoms with Crippen molar-refractivity contribution in [3.63, 3.8) is 0 Å². The van der Waals surface area contributed by atoms with Gasteiger partial charge >= 0.3 is 5.97 Å². The van der Waals surface area contributed by atoms with Gasteiger partial charge in [-0.25, -0.2) is 9.78 Å². The molecule has 0 radical (unpaired) electrons. The molecule has 6 heteroatoms. The number of imidazole rings is 1. The first-order valence-corrected chi connectivity index (χ1v) is 7.39. The zero-order chi connectivity index (χ0) is 13.6. The van der Waals surface area contributed by atoms with Gasteiger partial charge in [0.05, 0.1) is 0 Å². The van der Waals surface area contributed by atoms with Crippen molar-refractivity contribution < 1.29 is 9.90 Å². The number of anilines is 1. The van der Waals surface area contributed by atoms with Crippen molar-refractivity contribution in [1.29, 1.82) is 0 Å². The molecule has 1 N–H and O–H groups in total. The van der Waals surface area contributed by atoms with E-state index in [4.69, 9.17) is 0 Å². The third kappa shape index (κ3) is 2.00. The van der Waals surface area contributed by atoms with Crippen LogP contribution >= 0.6 is 11.3 Å². The molecule has 0 saturated carbocycles. The van der Waals surface area contributed by atoms with E-state index in [2.05, 4.69) is 23.7 Å². The number of rotatable bonds is 3. The number of fused-ring (bicyclic) bond motifs is 1. The van der Waals surface area contributed by atoms with Crippen LogP contribution in [-0.4, -0.2) is 33.6 Å². The summed E-state index contributed by atoms with van der Waals surface area (Å²) in [5.41, 5.74) is 0.292. The van der Waals surface area contributed by atoms with Gasteiger partial charge in [-0.15, -0.1) is 11.3 Å². The van der Waals surface area contributed by atoms with E-state index in [9.17, 15) is 9.90 Å². The topological polar surface area (TPSA) is 57.8 Å². The molecule has 0 aromatic carbocycles. The van der Waals surface area contributed by atoms with E-state index in [1.54, 1.807) is 10.6 Å². The van der Waals surface area contributed by atoms with E-state index in [-0.39, 0.29) is 0 Å². The Balaban J connectivity index is 1.99. The van der Waals surface area contributed by atoms with Crippen LogP contribution in [0.1, 0.15) is 30.8 Å². The molecule has 1 saturated heterocycles. The molecule has 0 bridgehead atoms. The van der Waals surface area contributed by atoms with Crippen molar-refractivity contribution in [1.82, 2.24) is 9.38 Å². The smallest absolute Gasteiger partial charge is 0.356 e. The molecule has 3 heterocycles. The second-order valence-electron chi connectivity index (χ2n) is 5.38. The standard InChI is InChI=1S/C13H17N3O2S/c1-8(2)9-3-4-15(7-9)11-10(12(17)18)16-5-6-19-13(16)14-11/h5-6,8-9H,3-4,7H2,1-2H3,(H,17,18). The molecule has 0 aliphatic carbocycles. The fourth-order valence-electron chi connectivity index (χ4n) is 2.72. The Hall–Kier alpha value is -1.56. The molecule has 1 atom stereocenters. The molecule has 2 aromatic heterocycles. The highest BCUT2D eigenvalue weighted by molar-refractivity contribution is 7.15. The molecule has 1 aliphatic rings. The second kappa shape index (κ2) is 4.52. The molecule has 0 amide bonds. The Labute approximate surface area is 115 Å². The van der Waals surface area contributed by atoms with E-state index >= 15 is 0 Å². The lowest BCUT2D eigenvalue weighted by molar-refractivity contribution is 0.0690. The predicted octanol–water partition coefficient (Wildman–Crippen LogP) is 2.58. The lowest BCUT2D eigenvalue weighted by Gasteiger charge is -2.18. The van der Waals surface area contributed by atoms with Crippen LogP contribution < -0.4 is 4.90 Å².